The number of aromatic nitrogens is 3. The second kappa shape index (κ2) is 6.20. The molecule has 3 rings (SSSR count). The lowest BCUT2D eigenvalue weighted by Gasteiger charge is -2.10. The van der Waals surface area contributed by atoms with Gasteiger partial charge in [0.15, 0.2) is 0 Å². The molecule has 5 nitrogen and oxygen atoms in total. The minimum Gasteiger partial charge on any atom is -0.457 e. The lowest BCUT2D eigenvalue weighted by molar-refractivity contribution is 0.365. The molecule has 0 fully saturated rings. The normalized spacial score (nSPS) is 11.0. The van der Waals surface area contributed by atoms with Gasteiger partial charge in [0.25, 0.3) is 0 Å². The predicted octanol–water partition coefficient (Wildman–Crippen LogP) is 4.66. The van der Waals surface area contributed by atoms with Gasteiger partial charge in [0.2, 0.25) is 11.7 Å². The van der Waals surface area contributed by atoms with E-state index in [0.29, 0.717) is 11.7 Å². The van der Waals surface area contributed by atoms with E-state index in [4.69, 9.17) is 9.26 Å². The molecule has 3 aromatic rings. The lowest BCUT2D eigenvalue weighted by atomic mass is 10.2. The van der Waals surface area contributed by atoms with Crippen molar-refractivity contribution in [3.05, 3.63) is 53.7 Å². The van der Waals surface area contributed by atoms with Crippen LogP contribution in [0.4, 0.5) is 0 Å². The molecule has 0 N–H and O–H groups in total. The average molecular weight is 309 g/mol. The zero-order valence-electron chi connectivity index (χ0n) is 13.7. The maximum absolute atomic E-state index is 5.92. The summed E-state index contributed by atoms with van der Waals surface area (Å²) < 4.78 is 11.2. The lowest BCUT2D eigenvalue weighted by Crippen LogP contribution is -1.92. The van der Waals surface area contributed by atoms with Gasteiger partial charge >= 0.3 is 0 Å². The van der Waals surface area contributed by atoms with E-state index in [9.17, 15) is 0 Å². The van der Waals surface area contributed by atoms with Gasteiger partial charge < -0.3 is 9.26 Å². The second-order valence-corrected chi connectivity index (χ2v) is 5.76. The van der Waals surface area contributed by atoms with Crippen LogP contribution in [-0.2, 0) is 0 Å². The van der Waals surface area contributed by atoms with Crippen molar-refractivity contribution >= 4 is 0 Å². The van der Waals surface area contributed by atoms with Crippen molar-refractivity contribution in [2.45, 2.75) is 33.6 Å². The van der Waals surface area contributed by atoms with Crippen LogP contribution in [0.1, 0.15) is 36.9 Å². The number of hydrogen-bond donors (Lipinski definition) is 0. The molecule has 2 aromatic heterocycles. The minimum atomic E-state index is 0.219. The summed E-state index contributed by atoms with van der Waals surface area (Å²) in [7, 11) is 0. The maximum atomic E-state index is 5.92. The van der Waals surface area contributed by atoms with Crippen molar-refractivity contribution < 1.29 is 9.26 Å². The van der Waals surface area contributed by atoms with Crippen LogP contribution >= 0.6 is 0 Å². The maximum Gasteiger partial charge on any atom is 0.229 e. The molecule has 0 unspecified atom stereocenters. The van der Waals surface area contributed by atoms with E-state index in [1.54, 1.807) is 6.20 Å². The summed E-state index contributed by atoms with van der Waals surface area (Å²) in [5.41, 5.74) is 2.90. The molecule has 0 spiro atoms. The fourth-order valence-corrected chi connectivity index (χ4v) is 2.11. The van der Waals surface area contributed by atoms with E-state index in [2.05, 4.69) is 15.1 Å². The Hall–Kier alpha value is -2.69. The van der Waals surface area contributed by atoms with Crippen molar-refractivity contribution in [2.24, 2.45) is 0 Å². The summed E-state index contributed by atoms with van der Waals surface area (Å²) in [4.78, 5) is 8.64. The summed E-state index contributed by atoms with van der Waals surface area (Å²) in [6.07, 6.45) is 1.75. The molecule has 0 aliphatic rings. The van der Waals surface area contributed by atoms with Crippen molar-refractivity contribution in [3.63, 3.8) is 0 Å². The van der Waals surface area contributed by atoms with Gasteiger partial charge in [-0.05, 0) is 44.2 Å². The van der Waals surface area contributed by atoms with Crippen LogP contribution in [-0.4, -0.2) is 15.1 Å². The van der Waals surface area contributed by atoms with E-state index >= 15 is 0 Å². The standard InChI is InChI=1S/C18H19N3O2/c1-11(2)18-20-17(21-23-18)14-5-7-15(8-6-14)22-16-9-10-19-13(4)12(16)3/h5-11H,1-4H3. The summed E-state index contributed by atoms with van der Waals surface area (Å²) >= 11 is 0. The number of benzene rings is 1. The third kappa shape index (κ3) is 3.23. The van der Waals surface area contributed by atoms with Gasteiger partial charge in [-0.15, -0.1) is 0 Å². The molecule has 0 aliphatic carbocycles. The van der Waals surface area contributed by atoms with E-state index in [1.807, 2.05) is 58.0 Å². The van der Waals surface area contributed by atoms with Crippen molar-refractivity contribution in [1.82, 2.24) is 15.1 Å². The van der Waals surface area contributed by atoms with Crippen LogP contribution in [0.5, 0.6) is 11.5 Å². The van der Waals surface area contributed by atoms with Crippen LogP contribution < -0.4 is 4.74 Å². The highest BCUT2D eigenvalue weighted by Gasteiger charge is 2.11. The summed E-state index contributed by atoms with van der Waals surface area (Å²) in [6, 6.07) is 9.51. The van der Waals surface area contributed by atoms with Crippen LogP contribution in [0, 0.1) is 13.8 Å². The third-order valence-corrected chi connectivity index (χ3v) is 3.68. The Kier molecular flexibility index (Phi) is 4.10. The number of nitrogens with zero attached hydrogens (tertiary/aromatic N) is 3. The van der Waals surface area contributed by atoms with Crippen molar-refractivity contribution in [1.29, 1.82) is 0 Å². The van der Waals surface area contributed by atoms with Crippen LogP contribution in [0.25, 0.3) is 11.4 Å². The van der Waals surface area contributed by atoms with Crippen LogP contribution in [0.3, 0.4) is 0 Å². The number of hydrogen-bond acceptors (Lipinski definition) is 5. The van der Waals surface area contributed by atoms with Gasteiger partial charge in [0.05, 0.1) is 0 Å². The SMILES string of the molecule is Cc1nccc(Oc2ccc(-c3noc(C(C)C)n3)cc2)c1C. The highest BCUT2D eigenvalue weighted by Crippen LogP contribution is 2.28. The van der Waals surface area contributed by atoms with Gasteiger partial charge in [-0.2, -0.15) is 4.98 Å². The fourth-order valence-electron chi connectivity index (χ4n) is 2.11. The molecular weight excluding hydrogens is 290 g/mol. The van der Waals surface area contributed by atoms with Crippen LogP contribution in [0.2, 0.25) is 0 Å². The van der Waals surface area contributed by atoms with Gasteiger partial charge in [-0.3, -0.25) is 4.98 Å². The zero-order valence-corrected chi connectivity index (χ0v) is 13.7. The van der Waals surface area contributed by atoms with Gasteiger partial charge in [0.1, 0.15) is 11.5 Å². The fraction of sp³-hybridized carbons (Fsp3) is 0.278. The smallest absolute Gasteiger partial charge is 0.229 e. The van der Waals surface area contributed by atoms with Gasteiger partial charge in [-0.1, -0.05) is 19.0 Å². The molecule has 23 heavy (non-hydrogen) atoms. The summed E-state index contributed by atoms with van der Waals surface area (Å²) in [5.74, 6) is 3.03. The Morgan fingerprint density at radius 2 is 1.78 bits per heavy atom. The highest BCUT2D eigenvalue weighted by atomic mass is 16.5. The molecule has 0 amide bonds. The molecular formula is C18H19N3O2. The first-order valence-electron chi connectivity index (χ1n) is 7.58. The molecule has 0 bridgehead atoms. The monoisotopic (exact) mass is 309 g/mol. The molecule has 0 atom stereocenters. The number of pyridine rings is 1. The van der Waals surface area contributed by atoms with Crippen LogP contribution in [0.15, 0.2) is 41.1 Å². The number of ether oxygens (including phenoxy) is 1. The third-order valence-electron chi connectivity index (χ3n) is 3.68. The largest absolute Gasteiger partial charge is 0.457 e. The quantitative estimate of drug-likeness (QED) is 0.701. The zero-order chi connectivity index (χ0) is 16.4. The number of rotatable bonds is 4. The summed E-state index contributed by atoms with van der Waals surface area (Å²) in [5, 5.41) is 4.01. The van der Waals surface area contributed by atoms with E-state index < -0.39 is 0 Å². The Morgan fingerprint density at radius 3 is 2.43 bits per heavy atom. The molecule has 0 saturated heterocycles. The predicted molar refractivity (Wildman–Crippen MR) is 87.6 cm³/mol. The van der Waals surface area contributed by atoms with Gasteiger partial charge in [-0.25, -0.2) is 0 Å². The second-order valence-electron chi connectivity index (χ2n) is 5.76. The van der Waals surface area contributed by atoms with Crippen molar-refractivity contribution in [3.8, 4) is 22.9 Å². The molecule has 0 aliphatic heterocycles. The molecule has 0 saturated carbocycles. The van der Waals surface area contributed by atoms with E-state index in [0.717, 1.165) is 28.3 Å². The molecule has 1 aromatic carbocycles. The Labute approximate surface area is 135 Å². The molecule has 2 heterocycles. The number of aryl methyl sites for hydroxylation is 1. The Morgan fingerprint density at radius 1 is 1.04 bits per heavy atom. The summed E-state index contributed by atoms with van der Waals surface area (Å²) in [6.45, 7) is 8.01. The molecule has 118 valence electrons. The van der Waals surface area contributed by atoms with E-state index in [1.165, 1.54) is 0 Å². The average Bonchev–Trinajstić information content (AvgIpc) is 3.03. The highest BCUT2D eigenvalue weighted by molar-refractivity contribution is 5.56. The Bertz CT molecular complexity index is 807. The van der Waals surface area contributed by atoms with E-state index in [-0.39, 0.29) is 5.92 Å². The van der Waals surface area contributed by atoms with Gasteiger partial charge in [0, 0.05) is 28.9 Å². The molecule has 0 radical (unpaired) electrons. The first kappa shape index (κ1) is 15.2. The van der Waals surface area contributed by atoms with Crippen molar-refractivity contribution in [2.75, 3.05) is 0 Å². The first-order valence-corrected chi connectivity index (χ1v) is 7.58. The molecule has 5 heteroatoms. The topological polar surface area (TPSA) is 61.0 Å². The first-order chi connectivity index (χ1) is 11.0. The Balaban J connectivity index is 1.80. The minimum absolute atomic E-state index is 0.219.